The molecule has 1 aromatic carbocycles. The fraction of sp³-hybridized carbons (Fsp3) is 0.667. The molecule has 1 aliphatic rings. The average Bonchev–Trinajstić information content (AvgIpc) is 2.53. The third-order valence-electron chi connectivity index (χ3n) is 4.71. The molecule has 3 atom stereocenters. The van der Waals surface area contributed by atoms with Crippen LogP contribution in [0.3, 0.4) is 0 Å². The second kappa shape index (κ2) is 7.81. The van der Waals surface area contributed by atoms with Crippen LogP contribution in [0.5, 0.6) is 0 Å². The van der Waals surface area contributed by atoms with E-state index in [9.17, 15) is 0 Å². The van der Waals surface area contributed by atoms with Gasteiger partial charge in [0.05, 0.1) is 6.10 Å². The maximum atomic E-state index is 5.61. The van der Waals surface area contributed by atoms with Crippen LogP contribution < -0.4 is 10.2 Å². The summed E-state index contributed by atoms with van der Waals surface area (Å²) >= 11 is 0. The topological polar surface area (TPSA) is 24.5 Å². The molecule has 21 heavy (non-hydrogen) atoms. The lowest BCUT2D eigenvalue weighted by atomic mass is 9.95. The summed E-state index contributed by atoms with van der Waals surface area (Å²) < 4.78 is 5.61. The molecule has 3 unspecified atom stereocenters. The minimum Gasteiger partial charge on any atom is -0.379 e. The van der Waals surface area contributed by atoms with Crippen LogP contribution in [0.4, 0.5) is 5.69 Å². The molecule has 1 fully saturated rings. The van der Waals surface area contributed by atoms with Gasteiger partial charge in [-0.05, 0) is 43.0 Å². The SMILES string of the molecule is CCNC(CC)c1ccc(N2CCC(C)C(OC)C2)cc1. The predicted octanol–water partition coefficient (Wildman–Crippen LogP) is 3.61. The van der Waals surface area contributed by atoms with Gasteiger partial charge in [-0.15, -0.1) is 0 Å². The summed E-state index contributed by atoms with van der Waals surface area (Å²) in [5.74, 6) is 0.656. The lowest BCUT2D eigenvalue weighted by Gasteiger charge is -2.37. The first-order chi connectivity index (χ1) is 10.2. The first-order valence-corrected chi connectivity index (χ1v) is 8.30. The minimum absolute atomic E-state index is 0.351. The molecule has 0 bridgehead atoms. The van der Waals surface area contributed by atoms with E-state index in [1.54, 1.807) is 0 Å². The van der Waals surface area contributed by atoms with Crippen molar-refractivity contribution in [2.75, 3.05) is 31.6 Å². The third-order valence-corrected chi connectivity index (χ3v) is 4.71. The lowest BCUT2D eigenvalue weighted by molar-refractivity contribution is 0.0498. The van der Waals surface area contributed by atoms with E-state index in [1.807, 2.05) is 7.11 Å². The number of methoxy groups -OCH3 is 1. The number of nitrogens with zero attached hydrogens (tertiary/aromatic N) is 1. The lowest BCUT2D eigenvalue weighted by Crippen LogP contribution is -2.43. The zero-order chi connectivity index (χ0) is 15.2. The second-order valence-corrected chi connectivity index (χ2v) is 6.10. The number of rotatable bonds is 6. The smallest absolute Gasteiger partial charge is 0.0772 e. The Kier molecular flexibility index (Phi) is 6.07. The van der Waals surface area contributed by atoms with E-state index in [1.165, 1.54) is 17.7 Å². The average molecular weight is 290 g/mol. The van der Waals surface area contributed by atoms with Gasteiger partial charge in [0.25, 0.3) is 0 Å². The van der Waals surface area contributed by atoms with E-state index in [0.717, 1.165) is 26.1 Å². The van der Waals surface area contributed by atoms with E-state index in [2.05, 4.69) is 55.3 Å². The van der Waals surface area contributed by atoms with Gasteiger partial charge in [0.2, 0.25) is 0 Å². The first kappa shape index (κ1) is 16.3. The van der Waals surface area contributed by atoms with Crippen LogP contribution in [0.2, 0.25) is 0 Å². The van der Waals surface area contributed by atoms with Gasteiger partial charge in [-0.25, -0.2) is 0 Å². The van der Waals surface area contributed by atoms with Crippen molar-refractivity contribution < 1.29 is 4.74 Å². The Bertz CT molecular complexity index is 418. The highest BCUT2D eigenvalue weighted by Crippen LogP contribution is 2.26. The Morgan fingerprint density at radius 3 is 2.57 bits per heavy atom. The van der Waals surface area contributed by atoms with Crippen molar-refractivity contribution in [3.8, 4) is 0 Å². The van der Waals surface area contributed by atoms with Crippen LogP contribution in [-0.2, 0) is 4.74 Å². The Morgan fingerprint density at radius 2 is 2.00 bits per heavy atom. The summed E-state index contributed by atoms with van der Waals surface area (Å²) in [6.07, 6.45) is 2.68. The van der Waals surface area contributed by atoms with Gasteiger partial charge in [0.1, 0.15) is 0 Å². The second-order valence-electron chi connectivity index (χ2n) is 6.10. The fourth-order valence-electron chi connectivity index (χ4n) is 3.24. The van der Waals surface area contributed by atoms with Crippen LogP contribution >= 0.6 is 0 Å². The van der Waals surface area contributed by atoms with Gasteiger partial charge >= 0.3 is 0 Å². The number of nitrogens with one attached hydrogen (secondary N) is 1. The molecule has 0 aliphatic carbocycles. The molecule has 2 rings (SSSR count). The molecule has 1 saturated heterocycles. The molecule has 0 radical (unpaired) electrons. The number of benzene rings is 1. The minimum atomic E-state index is 0.351. The maximum absolute atomic E-state index is 5.61. The summed E-state index contributed by atoms with van der Waals surface area (Å²) in [5.41, 5.74) is 2.70. The molecule has 118 valence electrons. The van der Waals surface area contributed by atoms with Crippen LogP contribution in [-0.4, -0.2) is 32.8 Å². The van der Waals surface area contributed by atoms with Gasteiger partial charge in [0.15, 0.2) is 0 Å². The third kappa shape index (κ3) is 3.98. The van der Waals surface area contributed by atoms with Crippen molar-refractivity contribution in [2.45, 2.75) is 45.8 Å². The first-order valence-electron chi connectivity index (χ1n) is 8.30. The Labute approximate surface area is 129 Å². The molecular formula is C18H30N2O. The molecule has 3 nitrogen and oxygen atoms in total. The molecular weight excluding hydrogens is 260 g/mol. The maximum Gasteiger partial charge on any atom is 0.0772 e. The Morgan fingerprint density at radius 1 is 1.29 bits per heavy atom. The standard InChI is InChI=1S/C18H30N2O/c1-5-17(19-6-2)15-7-9-16(10-8-15)20-12-11-14(3)18(13-20)21-4/h7-10,14,17-19H,5-6,11-13H2,1-4H3. The van der Waals surface area contributed by atoms with Gasteiger partial charge in [0, 0.05) is 31.9 Å². The predicted molar refractivity (Wildman–Crippen MR) is 89.9 cm³/mol. The number of piperidine rings is 1. The Hall–Kier alpha value is -1.06. The summed E-state index contributed by atoms with van der Waals surface area (Å²) in [5, 5.41) is 3.54. The quantitative estimate of drug-likeness (QED) is 0.866. The Balaban J connectivity index is 2.05. The molecule has 1 aliphatic heterocycles. The zero-order valence-electron chi connectivity index (χ0n) is 13.9. The van der Waals surface area contributed by atoms with Crippen LogP contribution in [0.1, 0.15) is 45.2 Å². The van der Waals surface area contributed by atoms with E-state index < -0.39 is 0 Å². The van der Waals surface area contributed by atoms with Crippen molar-refractivity contribution in [1.82, 2.24) is 5.32 Å². The van der Waals surface area contributed by atoms with Crippen molar-refractivity contribution in [2.24, 2.45) is 5.92 Å². The highest BCUT2D eigenvalue weighted by Gasteiger charge is 2.26. The van der Waals surface area contributed by atoms with Crippen LogP contribution in [0.25, 0.3) is 0 Å². The van der Waals surface area contributed by atoms with Gasteiger partial charge in [-0.3, -0.25) is 0 Å². The fourth-order valence-corrected chi connectivity index (χ4v) is 3.24. The summed E-state index contributed by atoms with van der Waals surface area (Å²) in [6, 6.07) is 9.53. The number of ether oxygens (including phenoxy) is 1. The number of hydrogen-bond acceptors (Lipinski definition) is 3. The molecule has 1 aromatic rings. The van der Waals surface area contributed by atoms with Gasteiger partial charge in [-0.1, -0.05) is 32.9 Å². The van der Waals surface area contributed by atoms with Gasteiger partial charge < -0.3 is 15.0 Å². The largest absolute Gasteiger partial charge is 0.379 e. The molecule has 1 N–H and O–H groups in total. The number of anilines is 1. The van der Waals surface area contributed by atoms with Gasteiger partial charge in [-0.2, -0.15) is 0 Å². The highest BCUT2D eigenvalue weighted by atomic mass is 16.5. The molecule has 1 heterocycles. The van der Waals surface area contributed by atoms with Crippen molar-refractivity contribution in [1.29, 1.82) is 0 Å². The van der Waals surface area contributed by atoms with Crippen LogP contribution in [0.15, 0.2) is 24.3 Å². The summed E-state index contributed by atoms with van der Waals surface area (Å²) in [6.45, 7) is 9.83. The molecule has 0 spiro atoms. The zero-order valence-corrected chi connectivity index (χ0v) is 13.9. The van der Waals surface area contributed by atoms with Crippen molar-refractivity contribution in [3.63, 3.8) is 0 Å². The summed E-state index contributed by atoms with van der Waals surface area (Å²) in [7, 11) is 1.83. The molecule has 0 amide bonds. The highest BCUT2D eigenvalue weighted by molar-refractivity contribution is 5.48. The normalized spacial score (nSPS) is 24.1. The van der Waals surface area contributed by atoms with Crippen molar-refractivity contribution in [3.05, 3.63) is 29.8 Å². The van der Waals surface area contributed by atoms with E-state index in [4.69, 9.17) is 4.74 Å². The van der Waals surface area contributed by atoms with E-state index >= 15 is 0 Å². The van der Waals surface area contributed by atoms with E-state index in [-0.39, 0.29) is 0 Å². The monoisotopic (exact) mass is 290 g/mol. The number of hydrogen-bond donors (Lipinski definition) is 1. The molecule has 0 aromatic heterocycles. The molecule has 3 heteroatoms. The van der Waals surface area contributed by atoms with E-state index in [0.29, 0.717) is 18.1 Å². The van der Waals surface area contributed by atoms with Crippen LogP contribution in [0, 0.1) is 5.92 Å². The molecule has 0 saturated carbocycles. The summed E-state index contributed by atoms with van der Waals surface area (Å²) in [4.78, 5) is 2.45. The van der Waals surface area contributed by atoms with Crippen molar-refractivity contribution >= 4 is 5.69 Å².